The van der Waals surface area contributed by atoms with Crippen LogP contribution < -0.4 is 10.7 Å². The highest BCUT2D eigenvalue weighted by atomic mass is 35.5. The van der Waals surface area contributed by atoms with Gasteiger partial charge >= 0.3 is 0 Å². The van der Waals surface area contributed by atoms with E-state index in [2.05, 4.69) is 0 Å². The summed E-state index contributed by atoms with van der Waals surface area (Å²) in [5.41, 5.74) is 1.65. The largest absolute Gasteiger partial charge is 0.245 e. The highest BCUT2D eigenvalue weighted by Crippen LogP contribution is 2.45. The van der Waals surface area contributed by atoms with Gasteiger partial charge in [0, 0.05) is 19.8 Å². The molecule has 0 N–H and O–H groups in total. The summed E-state index contributed by atoms with van der Waals surface area (Å²) in [6.45, 7) is 0. The van der Waals surface area contributed by atoms with Crippen LogP contribution in [0.2, 0.25) is 20.1 Å². The summed E-state index contributed by atoms with van der Waals surface area (Å²) in [5.74, 6) is 0. The van der Waals surface area contributed by atoms with Crippen molar-refractivity contribution >= 4 is 81.3 Å². The van der Waals surface area contributed by atoms with Crippen molar-refractivity contribution in [1.29, 1.82) is 0 Å². The number of rotatable bonds is 0. The van der Waals surface area contributed by atoms with E-state index in [0.717, 1.165) is 31.0 Å². The Kier molecular flexibility index (Phi) is 4.20. The number of halogens is 4. The quantitative estimate of drug-likeness (QED) is 0.248. The molecule has 0 radical (unpaired) electrons. The van der Waals surface area contributed by atoms with Gasteiger partial charge in [-0.3, -0.25) is 0 Å². The first-order valence-electron chi connectivity index (χ1n) is 7.44. The van der Waals surface area contributed by atoms with E-state index in [9.17, 15) is 0 Å². The molecule has 0 atom stereocenters. The minimum Gasteiger partial charge on any atom is -0.245 e. The van der Waals surface area contributed by atoms with Gasteiger partial charge in [-0.05, 0) is 36.4 Å². The van der Waals surface area contributed by atoms with Crippen LogP contribution >= 0.6 is 69.9 Å². The molecule has 0 amide bonds. The number of hydrogen-bond donors (Lipinski definition) is 0. The average Bonchev–Trinajstić information content (AvgIpc) is 2.63. The first kappa shape index (κ1) is 17.2. The number of benzene rings is 3. The minimum atomic E-state index is 0.548. The van der Waals surface area contributed by atoms with Crippen molar-refractivity contribution in [2.75, 3.05) is 0 Å². The first-order valence-corrected chi connectivity index (χ1v) is 10.6. The van der Waals surface area contributed by atoms with E-state index >= 15 is 0 Å². The minimum absolute atomic E-state index is 0.548. The highest BCUT2D eigenvalue weighted by Gasteiger charge is 2.25. The molecule has 2 heterocycles. The highest BCUT2D eigenvalue weighted by molar-refractivity contribution is 8.00. The Morgan fingerprint density at radius 1 is 0.615 bits per heavy atom. The zero-order valence-electron chi connectivity index (χ0n) is 12.7. The summed E-state index contributed by atoms with van der Waals surface area (Å²) in [6, 6.07) is 11.1. The lowest BCUT2D eigenvalue weighted by atomic mass is 10.2. The molecular formula is C18H6Cl4N2S2. The van der Waals surface area contributed by atoms with Crippen molar-refractivity contribution in [3.8, 4) is 0 Å². The maximum Gasteiger partial charge on any atom is 0.0991 e. The molecular weight excluding hydrogens is 450 g/mol. The van der Waals surface area contributed by atoms with Crippen LogP contribution in [0.5, 0.6) is 0 Å². The van der Waals surface area contributed by atoms with Gasteiger partial charge in [0.1, 0.15) is 0 Å². The van der Waals surface area contributed by atoms with Crippen LogP contribution in [0.4, 0.5) is 11.4 Å². The monoisotopic (exact) mass is 454 g/mol. The molecule has 3 aromatic carbocycles. The Morgan fingerprint density at radius 3 is 1.46 bits per heavy atom. The van der Waals surface area contributed by atoms with Gasteiger partial charge in [0.2, 0.25) is 0 Å². The Bertz CT molecular complexity index is 1140. The van der Waals surface area contributed by atoms with E-state index < -0.39 is 0 Å². The molecule has 0 fully saturated rings. The van der Waals surface area contributed by atoms with Crippen molar-refractivity contribution in [3.05, 3.63) is 67.2 Å². The maximum absolute atomic E-state index is 6.72. The molecule has 3 aromatic rings. The number of hydrogen-bond acceptors (Lipinski definition) is 4. The summed E-state index contributed by atoms with van der Waals surface area (Å²) in [4.78, 5) is 12.9. The van der Waals surface area contributed by atoms with Gasteiger partial charge in [-0.25, -0.2) is 9.98 Å². The van der Waals surface area contributed by atoms with E-state index in [4.69, 9.17) is 56.4 Å². The lowest BCUT2D eigenvalue weighted by molar-refractivity contribution is 1.07. The molecule has 0 unspecified atom stereocenters. The Labute approximate surface area is 177 Å². The SMILES string of the molecule is Clc1ccc2c(c1)Sc1c(Cl)c3c(c(Cl)c1=N2)Sc1cc(Cl)ccc1N=3. The van der Waals surface area contributed by atoms with Gasteiger partial charge in [-0.2, -0.15) is 0 Å². The summed E-state index contributed by atoms with van der Waals surface area (Å²) in [5, 5.41) is 3.74. The Morgan fingerprint density at radius 2 is 1.04 bits per heavy atom. The summed E-state index contributed by atoms with van der Waals surface area (Å²) in [6.07, 6.45) is 0. The first-order chi connectivity index (χ1) is 12.5. The average molecular weight is 456 g/mol. The van der Waals surface area contributed by atoms with Gasteiger partial charge in [-0.15, -0.1) is 0 Å². The van der Waals surface area contributed by atoms with Crippen molar-refractivity contribution < 1.29 is 0 Å². The normalized spacial score (nSPS) is 13.7. The van der Waals surface area contributed by atoms with Crippen LogP contribution in [0.1, 0.15) is 0 Å². The molecule has 8 heteroatoms. The van der Waals surface area contributed by atoms with E-state index in [1.54, 1.807) is 0 Å². The molecule has 0 spiro atoms. The van der Waals surface area contributed by atoms with Gasteiger partial charge in [0.05, 0.1) is 41.9 Å². The molecule has 5 rings (SSSR count). The van der Waals surface area contributed by atoms with Gasteiger partial charge < -0.3 is 0 Å². The van der Waals surface area contributed by atoms with Crippen LogP contribution in [0.3, 0.4) is 0 Å². The molecule has 0 bridgehead atoms. The zero-order chi connectivity index (χ0) is 18.0. The molecule has 0 aromatic heterocycles. The Balaban J connectivity index is 1.83. The fourth-order valence-electron chi connectivity index (χ4n) is 2.79. The maximum atomic E-state index is 6.72. The number of fused-ring (bicyclic) bond motifs is 4. The molecule has 128 valence electrons. The number of nitrogens with zero attached hydrogens (tertiary/aromatic N) is 2. The summed E-state index contributed by atoms with van der Waals surface area (Å²) < 4.78 is 0. The van der Waals surface area contributed by atoms with Crippen LogP contribution in [-0.4, -0.2) is 0 Å². The van der Waals surface area contributed by atoms with Gasteiger partial charge in [0.15, 0.2) is 0 Å². The predicted molar refractivity (Wildman–Crippen MR) is 109 cm³/mol. The third kappa shape index (κ3) is 2.67. The molecule has 0 aliphatic carbocycles. The molecule has 2 nitrogen and oxygen atoms in total. The van der Waals surface area contributed by atoms with Crippen LogP contribution in [-0.2, 0) is 0 Å². The van der Waals surface area contributed by atoms with Crippen molar-refractivity contribution in [2.45, 2.75) is 19.6 Å². The second-order valence-electron chi connectivity index (χ2n) is 5.64. The third-order valence-electron chi connectivity index (χ3n) is 3.98. The standard InChI is InChI=1S/C18H6Cl4N2S2/c19-7-1-3-9-11(5-7)25-17-14(22)16-18(13(21)15(17)23-9)26-12-6-8(20)2-4-10(12)24-16/h1-6H. The van der Waals surface area contributed by atoms with Crippen molar-refractivity contribution in [3.63, 3.8) is 0 Å². The molecule has 2 aliphatic rings. The van der Waals surface area contributed by atoms with Crippen LogP contribution in [0.25, 0.3) is 0 Å². The lowest BCUT2D eigenvalue weighted by Crippen LogP contribution is -2.22. The predicted octanol–water partition coefficient (Wildman–Crippen LogP) is 7.13. The van der Waals surface area contributed by atoms with E-state index in [1.807, 2.05) is 36.4 Å². The topological polar surface area (TPSA) is 24.7 Å². The summed E-state index contributed by atoms with van der Waals surface area (Å²) in [7, 11) is 0. The zero-order valence-corrected chi connectivity index (χ0v) is 17.3. The van der Waals surface area contributed by atoms with E-state index in [0.29, 0.717) is 30.8 Å². The van der Waals surface area contributed by atoms with E-state index in [1.165, 1.54) is 23.5 Å². The van der Waals surface area contributed by atoms with Gasteiger partial charge in [-0.1, -0.05) is 69.9 Å². The second kappa shape index (κ2) is 6.33. The molecule has 0 saturated carbocycles. The third-order valence-corrected chi connectivity index (χ3v) is 7.70. The fraction of sp³-hybridized carbons (Fsp3) is 0. The second-order valence-corrected chi connectivity index (χ2v) is 9.37. The summed E-state index contributed by atoms with van der Waals surface area (Å²) >= 11 is 28.7. The molecule has 0 saturated heterocycles. The van der Waals surface area contributed by atoms with Crippen molar-refractivity contribution in [1.82, 2.24) is 0 Å². The van der Waals surface area contributed by atoms with Crippen LogP contribution in [0.15, 0.2) is 66.0 Å². The van der Waals surface area contributed by atoms with Gasteiger partial charge in [0.25, 0.3) is 0 Å². The lowest BCUT2D eigenvalue weighted by Gasteiger charge is -2.19. The van der Waals surface area contributed by atoms with Crippen molar-refractivity contribution in [2.24, 2.45) is 9.98 Å². The van der Waals surface area contributed by atoms with E-state index in [-0.39, 0.29) is 0 Å². The molecule has 2 aliphatic heterocycles. The Hall–Kier alpha value is -0.880. The molecule has 26 heavy (non-hydrogen) atoms. The van der Waals surface area contributed by atoms with Crippen LogP contribution in [0, 0.1) is 0 Å². The fourth-order valence-corrected chi connectivity index (χ4v) is 6.17. The smallest absolute Gasteiger partial charge is 0.0991 e.